The monoisotopic (exact) mass is 1350 g/mol. The van der Waals surface area contributed by atoms with Gasteiger partial charge in [-0.2, -0.15) is 0 Å². The summed E-state index contributed by atoms with van der Waals surface area (Å²) in [5, 5.41) is 200. The van der Waals surface area contributed by atoms with Crippen LogP contribution in [0.25, 0.3) is 0 Å². The van der Waals surface area contributed by atoms with Crippen LogP contribution in [-0.2, 0) is 61.6 Å². The molecule has 31 heteroatoms. The molecule has 2 unspecified atom stereocenters. The number of ether oxygens (including phenoxy) is 12. The molecule has 11 aliphatic rings. The van der Waals surface area contributed by atoms with Crippen molar-refractivity contribution in [1.29, 1.82) is 0 Å². The van der Waals surface area contributed by atoms with Gasteiger partial charge in [-0.1, -0.05) is 53.2 Å². The van der Waals surface area contributed by atoms with Crippen LogP contribution in [0.3, 0.4) is 0 Å². The Balaban J connectivity index is 0.838. The van der Waals surface area contributed by atoms with E-state index < -0.39 is 262 Å². The van der Waals surface area contributed by atoms with Crippen molar-refractivity contribution in [2.45, 2.75) is 284 Å². The van der Waals surface area contributed by atoms with Gasteiger partial charge in [0.2, 0.25) is 6.29 Å². The quantitative estimate of drug-likeness (QED) is 0.0413. The van der Waals surface area contributed by atoms with Gasteiger partial charge in [0.05, 0.1) is 75.6 Å². The number of carbonyl (C=O) groups is 1. The SMILES string of the molecule is C[C@@H]1O[C@@H](O[C@H]2[C@H](OC(=O)[C@]34CCC(C)(C)C[C@H]3C3=CCC5[C@@]6(C)C[C@@H](O)[C@@H](O[C@@H]7O[C@H](CO)[C@@H](O)[C@H](O)[C@H]7O)[C@@](C)(CO)C6[C@H](O)C[C@@]5(C)[C@]3(C)CC4)OC[C@H](O)[C@@H]2O)[C@H](O)[C@H](O[C@@H]2OC[C@](O)(CO)[C@H]2O)[C@H]1O[C@@H]1OC[C@@H](O)[C@H](O[C@H]2O[C@H](C)[C@@H](O)[C@H](O)[C@@H]2O)[C@H]1O. The summed E-state index contributed by atoms with van der Waals surface area (Å²) in [4.78, 5) is 15.7. The predicted molar refractivity (Wildman–Crippen MR) is 311 cm³/mol. The molecule has 10 fully saturated rings. The van der Waals surface area contributed by atoms with Gasteiger partial charge in [0, 0.05) is 11.3 Å². The Kier molecular flexibility index (Phi) is 20.9. The van der Waals surface area contributed by atoms with E-state index in [9.17, 15) is 91.9 Å². The summed E-state index contributed by atoms with van der Waals surface area (Å²) in [5.41, 5.74) is -6.39. The molecule has 0 aromatic heterocycles. The highest BCUT2D eigenvalue weighted by molar-refractivity contribution is 5.79. The molecule has 0 radical (unpaired) electrons. The van der Waals surface area contributed by atoms with Crippen molar-refractivity contribution < 1.29 is 154 Å². The molecule has 0 spiro atoms. The normalized spacial score (nSPS) is 55.9. The minimum Gasteiger partial charge on any atom is -0.432 e. The van der Waals surface area contributed by atoms with E-state index in [1.807, 2.05) is 6.92 Å². The van der Waals surface area contributed by atoms with Crippen LogP contribution in [0.2, 0.25) is 0 Å². The van der Waals surface area contributed by atoms with E-state index in [0.29, 0.717) is 32.1 Å². The third-order valence-corrected chi connectivity index (χ3v) is 24.5. The number of aliphatic hydroxyl groups is 18. The molecule has 6 saturated heterocycles. The fourth-order valence-electron chi connectivity index (χ4n) is 18.9. The maximum absolute atomic E-state index is 15.7. The zero-order valence-electron chi connectivity index (χ0n) is 54.2. The number of allylic oxidation sites excluding steroid dienone is 2. The molecule has 0 amide bonds. The topological polar surface area (TPSA) is 492 Å². The van der Waals surface area contributed by atoms with Crippen LogP contribution < -0.4 is 0 Å². The molecule has 0 aromatic carbocycles. The lowest BCUT2D eigenvalue weighted by Crippen LogP contribution is -2.72. The highest BCUT2D eigenvalue weighted by Crippen LogP contribution is 2.76. The first-order valence-electron chi connectivity index (χ1n) is 33.1. The van der Waals surface area contributed by atoms with Crippen LogP contribution >= 0.6 is 0 Å². The maximum Gasteiger partial charge on any atom is 0.315 e. The molecule has 94 heavy (non-hydrogen) atoms. The maximum atomic E-state index is 15.7. The first-order valence-corrected chi connectivity index (χ1v) is 33.1. The molecule has 0 bridgehead atoms. The van der Waals surface area contributed by atoms with Crippen molar-refractivity contribution >= 4 is 5.97 Å². The van der Waals surface area contributed by atoms with Crippen molar-refractivity contribution in [1.82, 2.24) is 0 Å². The summed E-state index contributed by atoms with van der Waals surface area (Å²) in [6.45, 7) is 11.1. The van der Waals surface area contributed by atoms with E-state index in [0.717, 1.165) is 5.57 Å². The second-order valence-electron chi connectivity index (χ2n) is 30.8. The molecule has 540 valence electrons. The van der Waals surface area contributed by atoms with E-state index in [2.05, 4.69) is 33.8 Å². The van der Waals surface area contributed by atoms with Crippen molar-refractivity contribution in [3.8, 4) is 0 Å². The molecule has 6 aliphatic heterocycles. The van der Waals surface area contributed by atoms with Crippen LogP contribution in [0.4, 0.5) is 0 Å². The predicted octanol–water partition coefficient (Wildman–Crippen LogP) is -5.50. The van der Waals surface area contributed by atoms with Gasteiger partial charge < -0.3 is 149 Å². The van der Waals surface area contributed by atoms with Gasteiger partial charge in [-0.25, -0.2) is 0 Å². The van der Waals surface area contributed by atoms with Crippen LogP contribution in [-0.4, -0.2) is 315 Å². The van der Waals surface area contributed by atoms with Crippen LogP contribution in [0, 0.1) is 50.2 Å². The van der Waals surface area contributed by atoms with Gasteiger partial charge in [0.25, 0.3) is 0 Å². The number of fused-ring (bicyclic) bond motifs is 7. The lowest BCUT2D eigenvalue weighted by Gasteiger charge is -2.72. The summed E-state index contributed by atoms with van der Waals surface area (Å²) in [5.74, 6) is -2.09. The summed E-state index contributed by atoms with van der Waals surface area (Å²) < 4.78 is 72.0. The third kappa shape index (κ3) is 12.1. The molecule has 5 aliphatic carbocycles. The fraction of sp³-hybridized carbons (Fsp3) is 0.952. The summed E-state index contributed by atoms with van der Waals surface area (Å²) in [7, 11) is 0. The minimum absolute atomic E-state index is 0.0766. The van der Waals surface area contributed by atoms with Crippen LogP contribution in [0.1, 0.15) is 107 Å². The summed E-state index contributed by atoms with van der Waals surface area (Å²) in [6.07, 6.45) is -40.9. The fourth-order valence-corrected chi connectivity index (χ4v) is 18.9. The molecule has 11 rings (SSSR count). The zero-order chi connectivity index (χ0) is 68.6. The summed E-state index contributed by atoms with van der Waals surface area (Å²) in [6, 6.07) is 0. The first-order chi connectivity index (χ1) is 44.0. The van der Waals surface area contributed by atoms with Gasteiger partial charge in [-0.15, -0.1) is 0 Å². The Hall–Kier alpha value is -1.95. The molecular formula is C63H102O31. The number of hydrogen-bond donors (Lipinski definition) is 18. The second-order valence-corrected chi connectivity index (χ2v) is 30.8. The van der Waals surface area contributed by atoms with Crippen molar-refractivity contribution in [2.75, 3.05) is 39.6 Å². The Morgan fingerprint density at radius 1 is 0.532 bits per heavy atom. The number of rotatable bonds is 15. The second kappa shape index (κ2) is 26.8. The lowest BCUT2D eigenvalue weighted by molar-refractivity contribution is -0.387. The highest BCUT2D eigenvalue weighted by atomic mass is 16.8. The van der Waals surface area contributed by atoms with Crippen molar-refractivity contribution in [3.63, 3.8) is 0 Å². The number of aliphatic hydroxyl groups excluding tert-OH is 17. The number of carbonyl (C=O) groups excluding carboxylic acids is 1. The largest absolute Gasteiger partial charge is 0.432 e. The van der Waals surface area contributed by atoms with E-state index in [-0.39, 0.29) is 30.6 Å². The Morgan fingerprint density at radius 2 is 1.12 bits per heavy atom. The summed E-state index contributed by atoms with van der Waals surface area (Å²) >= 11 is 0. The van der Waals surface area contributed by atoms with E-state index in [1.165, 1.54) is 13.8 Å². The minimum atomic E-state index is -2.24. The highest BCUT2D eigenvalue weighted by Gasteiger charge is 2.74. The van der Waals surface area contributed by atoms with Gasteiger partial charge in [-0.05, 0) is 98.7 Å². The molecule has 4 saturated carbocycles. The zero-order valence-corrected chi connectivity index (χ0v) is 54.2. The molecule has 31 nitrogen and oxygen atoms in total. The van der Waals surface area contributed by atoms with E-state index >= 15 is 4.79 Å². The Morgan fingerprint density at radius 3 is 1.78 bits per heavy atom. The van der Waals surface area contributed by atoms with Gasteiger partial charge >= 0.3 is 5.97 Å². The Labute approximate surface area is 543 Å². The van der Waals surface area contributed by atoms with Crippen LogP contribution in [0.15, 0.2) is 11.6 Å². The van der Waals surface area contributed by atoms with Crippen molar-refractivity contribution in [3.05, 3.63) is 11.6 Å². The standard InChI is InChI=1S/C63H102O31/c1-24-34(71)37(74)39(76)51(86-24)90-44-31(70)20-83-50(41(44)78)89-43-25(2)87-53(42(79)45(43)91-55-48(80)63(82,22-66)23-85-55)92-46-35(72)30(69)19-84-54(46)94-56(81)62-13-11-57(3,4)15-27(62)26-9-10-33-58(5)16-29(68)49(93-52-40(77)38(75)36(73)32(18-64)88-52)59(6,21-65)47(58)28(67)17-61(33,8)60(26,7)12-14-62/h9,24-25,27-55,64-80,82H,10-23H2,1-8H3/t24-,25+,27+,28-,29-,30+,31-,32-,33?,34-,35+,36-,37+,38+,39+,40-,41-,42-,43+,44+,45+,46-,47?,48+,49-,50+,51-,52+,53+,54+,55+,58-,59+,60-,61-,62+,63-/m1/s1. The van der Waals surface area contributed by atoms with E-state index in [1.54, 1.807) is 6.92 Å². The lowest BCUT2D eigenvalue weighted by atomic mass is 9.33. The first kappa shape index (κ1) is 73.3. The molecular weight excluding hydrogens is 1250 g/mol. The molecule has 0 aromatic rings. The number of esters is 1. The molecule has 6 heterocycles. The van der Waals surface area contributed by atoms with E-state index in [4.69, 9.17) is 56.8 Å². The Bertz CT molecular complexity index is 2680. The van der Waals surface area contributed by atoms with Gasteiger partial charge in [0.15, 0.2) is 37.6 Å². The molecule has 37 atom stereocenters. The smallest absolute Gasteiger partial charge is 0.315 e. The van der Waals surface area contributed by atoms with Gasteiger partial charge in [-0.3, -0.25) is 4.79 Å². The molecule has 18 N–H and O–H groups in total. The average molecular weight is 1360 g/mol. The number of hydrogen-bond acceptors (Lipinski definition) is 31. The third-order valence-electron chi connectivity index (χ3n) is 24.5. The van der Waals surface area contributed by atoms with Crippen LogP contribution in [0.5, 0.6) is 0 Å². The van der Waals surface area contributed by atoms with Gasteiger partial charge in [0.1, 0.15) is 103 Å². The average Bonchev–Trinajstić information content (AvgIpc) is 0.742. The van der Waals surface area contributed by atoms with Crippen molar-refractivity contribution in [2.24, 2.45) is 50.2 Å².